The number of aromatic amines is 1. The van der Waals surface area contributed by atoms with E-state index in [1.165, 1.54) is 0 Å². The van der Waals surface area contributed by atoms with E-state index in [0.29, 0.717) is 6.04 Å². The Morgan fingerprint density at radius 2 is 2.38 bits per heavy atom. The number of rotatable bonds is 2. The van der Waals surface area contributed by atoms with Crippen molar-refractivity contribution in [1.29, 1.82) is 0 Å². The Morgan fingerprint density at radius 1 is 1.56 bits per heavy atom. The highest BCUT2D eigenvalue weighted by Crippen LogP contribution is 2.15. The summed E-state index contributed by atoms with van der Waals surface area (Å²) in [4.78, 5) is 17.1. The second-order valence-electron chi connectivity index (χ2n) is 4.43. The summed E-state index contributed by atoms with van der Waals surface area (Å²) in [7, 11) is 1.96. The Labute approximate surface area is 96.0 Å². The van der Waals surface area contributed by atoms with E-state index < -0.39 is 0 Å². The zero-order valence-electron chi connectivity index (χ0n) is 9.92. The van der Waals surface area contributed by atoms with Gasteiger partial charge in [-0.2, -0.15) is 0 Å². The van der Waals surface area contributed by atoms with Gasteiger partial charge in [0.25, 0.3) is 5.91 Å². The van der Waals surface area contributed by atoms with Gasteiger partial charge in [0.1, 0.15) is 0 Å². The van der Waals surface area contributed by atoms with Crippen LogP contribution in [0.4, 0.5) is 0 Å². The summed E-state index contributed by atoms with van der Waals surface area (Å²) in [5.41, 5.74) is 1.83. The number of hydrogen-bond acceptors (Lipinski definition) is 2. The Balaban J connectivity index is 2.07. The molecule has 1 fully saturated rings. The smallest absolute Gasteiger partial charge is 0.255 e. The first kappa shape index (κ1) is 11.2. The molecule has 0 saturated carbocycles. The number of aryl methyl sites for hydroxylation is 1. The first-order valence-electron chi connectivity index (χ1n) is 5.82. The van der Waals surface area contributed by atoms with Crippen molar-refractivity contribution in [2.75, 3.05) is 20.1 Å². The molecule has 88 valence electrons. The average molecular weight is 221 g/mol. The lowest BCUT2D eigenvalue weighted by atomic mass is 10.0. The molecule has 2 rings (SSSR count). The highest BCUT2D eigenvalue weighted by molar-refractivity contribution is 5.95. The van der Waals surface area contributed by atoms with Gasteiger partial charge in [0.05, 0.1) is 5.56 Å². The van der Waals surface area contributed by atoms with Gasteiger partial charge < -0.3 is 15.2 Å². The molecule has 0 aliphatic carbocycles. The van der Waals surface area contributed by atoms with Crippen LogP contribution >= 0.6 is 0 Å². The maximum atomic E-state index is 12.2. The molecule has 0 bridgehead atoms. The molecule has 4 nitrogen and oxygen atoms in total. The molecule has 2 heterocycles. The average Bonchev–Trinajstić information content (AvgIpc) is 2.74. The van der Waals surface area contributed by atoms with E-state index in [0.717, 1.165) is 37.1 Å². The summed E-state index contributed by atoms with van der Waals surface area (Å²) >= 11 is 0. The number of nitrogens with one attached hydrogen (secondary N) is 2. The highest BCUT2D eigenvalue weighted by atomic mass is 16.2. The summed E-state index contributed by atoms with van der Waals surface area (Å²) in [6.07, 6.45) is 5.90. The fraction of sp³-hybridized carbons (Fsp3) is 0.583. The first-order chi connectivity index (χ1) is 7.72. The molecule has 1 aromatic heterocycles. The lowest BCUT2D eigenvalue weighted by Gasteiger charge is -2.32. The Morgan fingerprint density at radius 3 is 3.00 bits per heavy atom. The molecule has 4 heteroatoms. The number of likely N-dealkylation sites (tertiary alicyclic amines) is 1. The van der Waals surface area contributed by atoms with E-state index in [1.807, 2.05) is 25.1 Å². The van der Waals surface area contributed by atoms with Gasteiger partial charge in [0, 0.05) is 31.5 Å². The van der Waals surface area contributed by atoms with Gasteiger partial charge in [0.15, 0.2) is 0 Å². The largest absolute Gasteiger partial charge is 0.367 e. The summed E-state index contributed by atoms with van der Waals surface area (Å²) in [5, 5.41) is 3.25. The molecule has 1 atom stereocenters. The Kier molecular flexibility index (Phi) is 3.29. The molecule has 1 aromatic rings. The zero-order valence-corrected chi connectivity index (χ0v) is 9.92. The van der Waals surface area contributed by atoms with Crippen LogP contribution in [-0.4, -0.2) is 42.0 Å². The predicted octanol–water partition coefficient (Wildman–Crippen LogP) is 1.15. The van der Waals surface area contributed by atoms with Crippen molar-refractivity contribution >= 4 is 5.91 Å². The van der Waals surface area contributed by atoms with E-state index >= 15 is 0 Å². The fourth-order valence-electron chi connectivity index (χ4n) is 2.24. The number of amides is 1. The van der Waals surface area contributed by atoms with Gasteiger partial charge in [-0.25, -0.2) is 0 Å². The summed E-state index contributed by atoms with van der Waals surface area (Å²) in [6, 6.07) is 0.442. The van der Waals surface area contributed by atoms with Crippen LogP contribution in [-0.2, 0) is 0 Å². The molecular formula is C12H19N3O. The van der Waals surface area contributed by atoms with Crippen molar-refractivity contribution < 1.29 is 4.79 Å². The molecule has 1 unspecified atom stereocenters. The van der Waals surface area contributed by atoms with Gasteiger partial charge in [-0.15, -0.1) is 0 Å². The Bertz CT molecular complexity index is 372. The molecule has 1 amide bonds. The molecule has 2 N–H and O–H groups in total. The standard InChI is InChI=1S/C12H19N3O/c1-9-6-14-7-11(9)12(16)15-5-3-4-10(8-15)13-2/h6-7,10,13-14H,3-5,8H2,1-2H3. The summed E-state index contributed by atoms with van der Waals surface area (Å²) in [6.45, 7) is 3.66. The van der Waals surface area contributed by atoms with Crippen LogP contribution in [0.25, 0.3) is 0 Å². The number of H-pyrrole nitrogens is 1. The van der Waals surface area contributed by atoms with Crippen LogP contribution in [0.5, 0.6) is 0 Å². The van der Waals surface area contributed by atoms with Crippen LogP contribution < -0.4 is 5.32 Å². The molecule has 16 heavy (non-hydrogen) atoms. The van der Waals surface area contributed by atoms with Gasteiger partial charge >= 0.3 is 0 Å². The fourth-order valence-corrected chi connectivity index (χ4v) is 2.24. The van der Waals surface area contributed by atoms with Crippen molar-refractivity contribution in [3.05, 3.63) is 23.5 Å². The number of hydrogen-bond donors (Lipinski definition) is 2. The van der Waals surface area contributed by atoms with Crippen LogP contribution in [0.2, 0.25) is 0 Å². The normalized spacial score (nSPS) is 21.1. The number of nitrogens with zero attached hydrogens (tertiary/aromatic N) is 1. The molecular weight excluding hydrogens is 202 g/mol. The zero-order chi connectivity index (χ0) is 11.5. The van der Waals surface area contributed by atoms with Gasteiger partial charge in [-0.1, -0.05) is 0 Å². The molecule has 1 aliphatic heterocycles. The van der Waals surface area contributed by atoms with Crippen LogP contribution in [0.15, 0.2) is 12.4 Å². The van der Waals surface area contributed by atoms with Crippen LogP contribution in [0, 0.1) is 6.92 Å². The third kappa shape index (κ3) is 2.11. The summed E-state index contributed by atoms with van der Waals surface area (Å²) < 4.78 is 0. The van der Waals surface area contributed by atoms with E-state index in [2.05, 4.69) is 10.3 Å². The van der Waals surface area contributed by atoms with E-state index in [-0.39, 0.29) is 5.91 Å². The van der Waals surface area contributed by atoms with Crippen molar-refractivity contribution in [2.24, 2.45) is 0 Å². The van der Waals surface area contributed by atoms with E-state index in [9.17, 15) is 4.79 Å². The molecule has 1 aliphatic rings. The molecule has 0 spiro atoms. The van der Waals surface area contributed by atoms with Crippen molar-refractivity contribution in [2.45, 2.75) is 25.8 Å². The molecule has 0 aromatic carbocycles. The number of likely N-dealkylation sites (N-methyl/N-ethyl adjacent to an activating group) is 1. The number of carbonyl (C=O) groups is 1. The minimum Gasteiger partial charge on any atom is -0.367 e. The Hall–Kier alpha value is -1.29. The molecule has 0 radical (unpaired) electrons. The van der Waals surface area contributed by atoms with Crippen molar-refractivity contribution in [1.82, 2.24) is 15.2 Å². The quantitative estimate of drug-likeness (QED) is 0.787. The first-order valence-corrected chi connectivity index (χ1v) is 5.82. The number of piperidine rings is 1. The third-order valence-corrected chi connectivity index (χ3v) is 3.30. The maximum Gasteiger partial charge on any atom is 0.255 e. The number of aromatic nitrogens is 1. The minimum absolute atomic E-state index is 0.152. The lowest BCUT2D eigenvalue weighted by molar-refractivity contribution is 0.0697. The van der Waals surface area contributed by atoms with Gasteiger partial charge in [0.2, 0.25) is 0 Å². The number of carbonyl (C=O) groups excluding carboxylic acids is 1. The SMILES string of the molecule is CNC1CCCN(C(=O)c2c[nH]cc2C)C1. The second-order valence-corrected chi connectivity index (χ2v) is 4.43. The van der Waals surface area contributed by atoms with Crippen molar-refractivity contribution in [3.63, 3.8) is 0 Å². The van der Waals surface area contributed by atoms with Gasteiger partial charge in [-0.05, 0) is 32.4 Å². The third-order valence-electron chi connectivity index (χ3n) is 3.30. The monoisotopic (exact) mass is 221 g/mol. The topological polar surface area (TPSA) is 48.1 Å². The maximum absolute atomic E-state index is 12.2. The van der Waals surface area contributed by atoms with E-state index in [4.69, 9.17) is 0 Å². The highest BCUT2D eigenvalue weighted by Gasteiger charge is 2.24. The van der Waals surface area contributed by atoms with Crippen LogP contribution in [0.1, 0.15) is 28.8 Å². The van der Waals surface area contributed by atoms with Crippen molar-refractivity contribution in [3.8, 4) is 0 Å². The minimum atomic E-state index is 0.152. The predicted molar refractivity (Wildman–Crippen MR) is 63.5 cm³/mol. The molecule has 1 saturated heterocycles. The second kappa shape index (κ2) is 4.70. The van der Waals surface area contributed by atoms with Crippen LogP contribution in [0.3, 0.4) is 0 Å². The van der Waals surface area contributed by atoms with E-state index in [1.54, 1.807) is 6.20 Å². The summed E-state index contributed by atoms with van der Waals surface area (Å²) in [5.74, 6) is 0.152. The van der Waals surface area contributed by atoms with Gasteiger partial charge in [-0.3, -0.25) is 4.79 Å². The lowest BCUT2D eigenvalue weighted by Crippen LogP contribution is -2.47.